The van der Waals surface area contributed by atoms with Gasteiger partial charge in [0.1, 0.15) is 0 Å². The van der Waals surface area contributed by atoms with E-state index in [0.717, 1.165) is 23.8 Å². The molecule has 0 saturated heterocycles. The van der Waals surface area contributed by atoms with Gasteiger partial charge in [-0.1, -0.05) is 45.0 Å². The first kappa shape index (κ1) is 16.5. The lowest BCUT2D eigenvalue weighted by Crippen LogP contribution is -2.42. The van der Waals surface area contributed by atoms with Crippen LogP contribution in [0.4, 0.5) is 0 Å². The highest BCUT2D eigenvalue weighted by Crippen LogP contribution is 2.36. The number of aryl methyl sites for hydroxylation is 1. The highest BCUT2D eigenvalue weighted by Gasteiger charge is 2.31. The van der Waals surface area contributed by atoms with Gasteiger partial charge in [0.15, 0.2) is 0 Å². The third-order valence-corrected chi connectivity index (χ3v) is 5.37. The number of hydrogen-bond acceptors (Lipinski definition) is 1. The predicted octanol–water partition coefficient (Wildman–Crippen LogP) is 4.98. The zero-order valence-electron chi connectivity index (χ0n) is 14.4. The Labute approximate surface area is 131 Å². The molecule has 1 aliphatic rings. The van der Waals surface area contributed by atoms with Crippen molar-refractivity contribution in [2.45, 2.75) is 65.8 Å². The molecule has 118 valence electrons. The molecule has 1 N–H and O–H groups in total. The molecule has 2 rings (SSSR count). The van der Waals surface area contributed by atoms with Crippen molar-refractivity contribution >= 4 is 0 Å². The summed E-state index contributed by atoms with van der Waals surface area (Å²) in [6, 6.07) is 9.65. The second kappa shape index (κ2) is 7.98. The minimum atomic E-state index is 0.722. The van der Waals surface area contributed by atoms with Crippen LogP contribution in [-0.2, 0) is 6.42 Å². The zero-order chi connectivity index (χ0) is 15.2. The lowest BCUT2D eigenvalue weighted by Gasteiger charge is -2.39. The molecule has 0 bridgehead atoms. The smallest absolute Gasteiger partial charge is 0.00987 e. The summed E-state index contributed by atoms with van der Waals surface area (Å²) >= 11 is 0. The van der Waals surface area contributed by atoms with Crippen molar-refractivity contribution in [1.29, 1.82) is 0 Å². The summed E-state index contributed by atoms with van der Waals surface area (Å²) < 4.78 is 0. The Bertz CT molecular complexity index is 424. The van der Waals surface area contributed by atoms with Crippen molar-refractivity contribution in [2.75, 3.05) is 6.54 Å². The first-order valence-electron chi connectivity index (χ1n) is 8.89. The van der Waals surface area contributed by atoms with Gasteiger partial charge in [-0.2, -0.15) is 0 Å². The molecular weight excluding hydrogens is 254 g/mol. The molecule has 3 unspecified atom stereocenters. The maximum Gasteiger partial charge on any atom is 0.00987 e. The average molecular weight is 287 g/mol. The third kappa shape index (κ3) is 4.57. The Hall–Kier alpha value is -0.820. The topological polar surface area (TPSA) is 12.0 Å². The van der Waals surface area contributed by atoms with Crippen LogP contribution in [0.5, 0.6) is 0 Å². The van der Waals surface area contributed by atoms with E-state index in [1.165, 1.54) is 44.2 Å². The van der Waals surface area contributed by atoms with E-state index in [1.807, 2.05) is 0 Å². The third-order valence-electron chi connectivity index (χ3n) is 5.37. The molecular formula is C20H33N. The fraction of sp³-hybridized carbons (Fsp3) is 0.700. The van der Waals surface area contributed by atoms with Gasteiger partial charge in [-0.15, -0.1) is 0 Å². The van der Waals surface area contributed by atoms with Crippen molar-refractivity contribution in [3.8, 4) is 0 Å². The van der Waals surface area contributed by atoms with Crippen molar-refractivity contribution in [1.82, 2.24) is 5.32 Å². The quantitative estimate of drug-likeness (QED) is 0.778. The van der Waals surface area contributed by atoms with E-state index in [1.54, 1.807) is 5.56 Å². The molecule has 1 aromatic carbocycles. The van der Waals surface area contributed by atoms with Gasteiger partial charge in [0.25, 0.3) is 0 Å². The fourth-order valence-electron chi connectivity index (χ4n) is 3.85. The number of benzene rings is 1. The van der Waals surface area contributed by atoms with Crippen molar-refractivity contribution in [3.05, 3.63) is 35.4 Å². The van der Waals surface area contributed by atoms with E-state index in [9.17, 15) is 0 Å². The van der Waals surface area contributed by atoms with Crippen LogP contribution in [0.2, 0.25) is 0 Å². The van der Waals surface area contributed by atoms with Crippen LogP contribution in [-0.4, -0.2) is 12.6 Å². The fourth-order valence-corrected chi connectivity index (χ4v) is 3.85. The van der Waals surface area contributed by atoms with E-state index >= 15 is 0 Å². The van der Waals surface area contributed by atoms with Crippen LogP contribution in [0.3, 0.4) is 0 Å². The summed E-state index contributed by atoms with van der Waals surface area (Å²) in [5.41, 5.74) is 3.01. The molecule has 3 atom stereocenters. The zero-order valence-corrected chi connectivity index (χ0v) is 14.4. The van der Waals surface area contributed by atoms with Gasteiger partial charge >= 0.3 is 0 Å². The number of nitrogens with one attached hydrogen (secondary N) is 1. The van der Waals surface area contributed by atoms with E-state index < -0.39 is 0 Å². The summed E-state index contributed by atoms with van der Waals surface area (Å²) in [5.74, 6) is 2.55. The monoisotopic (exact) mass is 287 g/mol. The normalized spacial score (nSPS) is 26.2. The van der Waals surface area contributed by atoms with Crippen LogP contribution in [0.15, 0.2) is 24.3 Å². The predicted molar refractivity (Wildman–Crippen MR) is 92.6 cm³/mol. The van der Waals surface area contributed by atoms with Crippen LogP contribution >= 0.6 is 0 Å². The molecule has 0 aromatic heterocycles. The Morgan fingerprint density at radius 3 is 2.62 bits per heavy atom. The lowest BCUT2D eigenvalue weighted by atomic mass is 9.71. The molecule has 1 heteroatoms. The number of rotatable bonds is 6. The minimum Gasteiger partial charge on any atom is -0.314 e. The first-order valence-corrected chi connectivity index (χ1v) is 8.89. The summed E-state index contributed by atoms with van der Waals surface area (Å²) in [7, 11) is 0. The Morgan fingerprint density at radius 2 is 1.95 bits per heavy atom. The summed E-state index contributed by atoms with van der Waals surface area (Å²) in [6.45, 7) is 10.5. The molecule has 0 amide bonds. The van der Waals surface area contributed by atoms with E-state index in [2.05, 4.69) is 57.3 Å². The van der Waals surface area contributed by atoms with Crippen molar-refractivity contribution < 1.29 is 0 Å². The molecule has 21 heavy (non-hydrogen) atoms. The molecule has 1 aliphatic carbocycles. The summed E-state index contributed by atoms with van der Waals surface area (Å²) in [4.78, 5) is 0. The maximum atomic E-state index is 3.82. The van der Waals surface area contributed by atoms with Gasteiger partial charge in [0.05, 0.1) is 0 Å². The van der Waals surface area contributed by atoms with Crippen molar-refractivity contribution in [3.63, 3.8) is 0 Å². The van der Waals surface area contributed by atoms with Gasteiger partial charge in [-0.3, -0.25) is 0 Å². The SMILES string of the molecule is CCCNC1CCC(C(C)C)CC1Cc1ccccc1C. The van der Waals surface area contributed by atoms with Crippen molar-refractivity contribution in [2.24, 2.45) is 17.8 Å². The van der Waals surface area contributed by atoms with Gasteiger partial charge < -0.3 is 5.32 Å². The highest BCUT2D eigenvalue weighted by molar-refractivity contribution is 5.26. The number of hydrogen-bond donors (Lipinski definition) is 1. The second-order valence-electron chi connectivity index (χ2n) is 7.27. The highest BCUT2D eigenvalue weighted by atomic mass is 14.9. The molecule has 1 fully saturated rings. The maximum absolute atomic E-state index is 3.82. The van der Waals surface area contributed by atoms with Crippen LogP contribution in [0.1, 0.15) is 57.6 Å². The van der Waals surface area contributed by atoms with E-state index in [-0.39, 0.29) is 0 Å². The summed E-state index contributed by atoms with van der Waals surface area (Å²) in [5, 5.41) is 3.82. The lowest BCUT2D eigenvalue weighted by molar-refractivity contribution is 0.167. The Kier molecular flexibility index (Phi) is 6.29. The van der Waals surface area contributed by atoms with Gasteiger partial charge in [-0.25, -0.2) is 0 Å². The molecule has 1 nitrogen and oxygen atoms in total. The molecule has 1 aromatic rings. The standard InChI is InChI=1S/C20H33N/c1-5-12-21-20-11-10-17(15(2)3)13-19(20)14-18-9-7-6-8-16(18)4/h6-9,15,17,19-21H,5,10-14H2,1-4H3. The van der Waals surface area contributed by atoms with Gasteiger partial charge in [0, 0.05) is 6.04 Å². The molecule has 0 heterocycles. The minimum absolute atomic E-state index is 0.722. The molecule has 0 radical (unpaired) electrons. The summed E-state index contributed by atoms with van der Waals surface area (Å²) in [6.07, 6.45) is 6.65. The Morgan fingerprint density at radius 1 is 1.19 bits per heavy atom. The molecule has 1 saturated carbocycles. The van der Waals surface area contributed by atoms with Crippen LogP contribution in [0.25, 0.3) is 0 Å². The van der Waals surface area contributed by atoms with Crippen LogP contribution < -0.4 is 5.32 Å². The second-order valence-corrected chi connectivity index (χ2v) is 7.27. The molecule has 0 aliphatic heterocycles. The van der Waals surface area contributed by atoms with E-state index in [4.69, 9.17) is 0 Å². The average Bonchev–Trinajstić information content (AvgIpc) is 2.48. The largest absolute Gasteiger partial charge is 0.314 e. The molecule has 0 spiro atoms. The first-order chi connectivity index (χ1) is 10.1. The Balaban J connectivity index is 2.07. The van der Waals surface area contributed by atoms with E-state index in [0.29, 0.717) is 0 Å². The van der Waals surface area contributed by atoms with Crippen LogP contribution in [0, 0.1) is 24.7 Å². The van der Waals surface area contributed by atoms with Gasteiger partial charge in [-0.05, 0) is 74.5 Å². The van der Waals surface area contributed by atoms with Gasteiger partial charge in [0.2, 0.25) is 0 Å².